The number of carbonyl (C=O) groups is 2. The monoisotopic (exact) mass is 184 g/mol. The van der Waals surface area contributed by atoms with Crippen LogP contribution in [0.5, 0.6) is 0 Å². The normalized spacial score (nSPS) is 36.9. The van der Waals surface area contributed by atoms with E-state index in [0.29, 0.717) is 0 Å². The molecule has 0 aromatic carbocycles. The van der Waals surface area contributed by atoms with Gasteiger partial charge in [-0.05, 0) is 19.8 Å². The van der Waals surface area contributed by atoms with Gasteiger partial charge in [0.2, 0.25) is 0 Å². The highest BCUT2D eigenvalue weighted by Crippen LogP contribution is 2.44. The molecular weight excluding hydrogens is 172 g/mol. The van der Waals surface area contributed by atoms with Crippen LogP contribution in [-0.4, -0.2) is 30.6 Å². The minimum absolute atomic E-state index is 0.0629. The number of ketones is 1. The third-order valence-electron chi connectivity index (χ3n) is 2.63. The van der Waals surface area contributed by atoms with Crippen LogP contribution in [0.3, 0.4) is 0 Å². The first-order chi connectivity index (χ1) is 6.09. The van der Waals surface area contributed by atoms with Gasteiger partial charge in [-0.2, -0.15) is 0 Å². The van der Waals surface area contributed by atoms with Crippen molar-refractivity contribution in [2.24, 2.45) is 5.92 Å². The maximum atomic E-state index is 11.5. The molecule has 0 amide bonds. The van der Waals surface area contributed by atoms with E-state index in [2.05, 4.69) is 4.74 Å². The van der Waals surface area contributed by atoms with Crippen molar-refractivity contribution in [3.8, 4) is 0 Å². The summed E-state index contributed by atoms with van der Waals surface area (Å²) in [4.78, 5) is 22.6. The summed E-state index contributed by atoms with van der Waals surface area (Å²) >= 11 is 0. The Kier molecular flexibility index (Phi) is 1.70. The Balaban J connectivity index is 1.99. The minimum Gasteiger partial charge on any atom is -0.467 e. The highest BCUT2D eigenvalue weighted by molar-refractivity contribution is 5.99. The van der Waals surface area contributed by atoms with Gasteiger partial charge < -0.3 is 9.47 Å². The van der Waals surface area contributed by atoms with E-state index in [-0.39, 0.29) is 11.7 Å². The quantitative estimate of drug-likeness (QED) is 0.467. The lowest BCUT2D eigenvalue weighted by atomic mass is 10.0. The van der Waals surface area contributed by atoms with E-state index in [9.17, 15) is 9.59 Å². The van der Waals surface area contributed by atoms with Crippen molar-refractivity contribution in [2.45, 2.75) is 31.5 Å². The molecule has 4 heteroatoms. The van der Waals surface area contributed by atoms with Crippen LogP contribution in [0.4, 0.5) is 0 Å². The van der Waals surface area contributed by atoms with Crippen LogP contribution in [-0.2, 0) is 19.1 Å². The molecule has 2 atom stereocenters. The second-order valence-electron chi connectivity index (χ2n) is 3.77. The average Bonchev–Trinajstić information content (AvgIpc) is 2.95. The predicted octanol–water partition coefficient (Wildman–Crippen LogP) is 0.296. The van der Waals surface area contributed by atoms with Gasteiger partial charge in [-0.15, -0.1) is 0 Å². The Morgan fingerprint density at radius 1 is 1.46 bits per heavy atom. The summed E-state index contributed by atoms with van der Waals surface area (Å²) in [5.41, 5.74) is -0.992. The molecule has 1 saturated heterocycles. The fourth-order valence-electron chi connectivity index (χ4n) is 1.48. The second-order valence-corrected chi connectivity index (χ2v) is 3.77. The summed E-state index contributed by atoms with van der Waals surface area (Å²) in [5.74, 6) is -0.254. The smallest absolute Gasteiger partial charge is 0.341 e. The van der Waals surface area contributed by atoms with Gasteiger partial charge in [0.05, 0.1) is 7.11 Å². The second kappa shape index (κ2) is 2.54. The lowest BCUT2D eigenvalue weighted by Gasteiger charge is -2.01. The number of hydrogen-bond donors (Lipinski definition) is 0. The third kappa shape index (κ3) is 1.25. The Bertz CT molecular complexity index is 269. The van der Waals surface area contributed by atoms with Crippen molar-refractivity contribution in [1.82, 2.24) is 0 Å². The van der Waals surface area contributed by atoms with Crippen LogP contribution in [0, 0.1) is 5.92 Å². The summed E-state index contributed by atoms with van der Waals surface area (Å²) in [6, 6.07) is 0. The molecule has 72 valence electrons. The van der Waals surface area contributed by atoms with Crippen LogP contribution in [0.1, 0.15) is 19.8 Å². The van der Waals surface area contributed by atoms with Gasteiger partial charge >= 0.3 is 5.97 Å². The number of rotatable bonds is 3. The van der Waals surface area contributed by atoms with Gasteiger partial charge in [0, 0.05) is 5.92 Å². The van der Waals surface area contributed by atoms with Gasteiger partial charge in [0.1, 0.15) is 0 Å². The standard InChI is InChI=1S/C9H12O4/c1-9(8(11)12-2)7(13-9)6(10)5-3-4-5/h5,7H,3-4H2,1-2H3/t7-,9-/m1/s1. The number of epoxide rings is 1. The molecule has 1 aliphatic carbocycles. The molecule has 1 aliphatic heterocycles. The van der Waals surface area contributed by atoms with Crippen LogP contribution >= 0.6 is 0 Å². The number of carbonyl (C=O) groups excluding carboxylic acids is 2. The van der Waals surface area contributed by atoms with E-state index in [1.807, 2.05) is 0 Å². The molecule has 0 aromatic heterocycles. The van der Waals surface area contributed by atoms with Crippen molar-refractivity contribution in [3.63, 3.8) is 0 Å². The number of hydrogen-bond acceptors (Lipinski definition) is 4. The fraction of sp³-hybridized carbons (Fsp3) is 0.778. The number of methoxy groups -OCH3 is 1. The third-order valence-corrected chi connectivity index (χ3v) is 2.63. The number of esters is 1. The Labute approximate surface area is 76.2 Å². The maximum absolute atomic E-state index is 11.5. The molecule has 0 unspecified atom stereocenters. The minimum atomic E-state index is -0.992. The average molecular weight is 184 g/mol. The van der Waals surface area contributed by atoms with Gasteiger partial charge in [-0.25, -0.2) is 4.79 Å². The van der Waals surface area contributed by atoms with Crippen LogP contribution < -0.4 is 0 Å². The van der Waals surface area contributed by atoms with E-state index in [1.165, 1.54) is 7.11 Å². The molecule has 4 nitrogen and oxygen atoms in total. The predicted molar refractivity (Wildman–Crippen MR) is 43.0 cm³/mol. The Morgan fingerprint density at radius 3 is 2.54 bits per heavy atom. The molecule has 0 bridgehead atoms. The lowest BCUT2D eigenvalue weighted by Crippen LogP contribution is -2.28. The van der Waals surface area contributed by atoms with Gasteiger partial charge in [-0.1, -0.05) is 0 Å². The molecule has 0 radical (unpaired) electrons. The van der Waals surface area contributed by atoms with E-state index in [0.717, 1.165) is 12.8 Å². The molecule has 0 N–H and O–H groups in total. The largest absolute Gasteiger partial charge is 0.467 e. The highest BCUT2D eigenvalue weighted by atomic mass is 16.7. The molecule has 0 aromatic rings. The van der Waals surface area contributed by atoms with Crippen LogP contribution in [0.15, 0.2) is 0 Å². The van der Waals surface area contributed by atoms with Gasteiger partial charge in [0.15, 0.2) is 17.5 Å². The number of ether oxygens (including phenoxy) is 2. The molecule has 0 spiro atoms. The van der Waals surface area contributed by atoms with E-state index in [4.69, 9.17) is 4.74 Å². The highest BCUT2D eigenvalue weighted by Gasteiger charge is 2.65. The Hall–Kier alpha value is -0.900. The summed E-state index contributed by atoms with van der Waals surface area (Å²) in [7, 11) is 1.30. The van der Waals surface area contributed by atoms with Crippen molar-refractivity contribution < 1.29 is 19.1 Å². The topological polar surface area (TPSA) is 55.9 Å². The first kappa shape index (κ1) is 8.69. The molecular formula is C9H12O4. The first-order valence-electron chi connectivity index (χ1n) is 4.39. The first-order valence-corrected chi connectivity index (χ1v) is 4.39. The molecule has 13 heavy (non-hydrogen) atoms. The molecule has 1 heterocycles. The van der Waals surface area contributed by atoms with Crippen molar-refractivity contribution in [1.29, 1.82) is 0 Å². The summed E-state index contributed by atoms with van der Waals surface area (Å²) in [5, 5.41) is 0. The fourth-order valence-corrected chi connectivity index (χ4v) is 1.48. The number of Topliss-reactive ketones (excluding diaryl/α,β-unsaturated/α-hetero) is 1. The SMILES string of the molecule is COC(=O)[C@]1(C)O[C@@H]1C(=O)C1CC1. The zero-order valence-electron chi connectivity index (χ0n) is 7.70. The zero-order chi connectivity index (χ0) is 9.64. The summed E-state index contributed by atoms with van der Waals surface area (Å²) in [6.07, 6.45) is 1.33. The van der Waals surface area contributed by atoms with Crippen molar-refractivity contribution in [3.05, 3.63) is 0 Å². The van der Waals surface area contributed by atoms with E-state index in [1.54, 1.807) is 6.92 Å². The van der Waals surface area contributed by atoms with Gasteiger partial charge in [-0.3, -0.25) is 4.79 Å². The van der Waals surface area contributed by atoms with E-state index >= 15 is 0 Å². The maximum Gasteiger partial charge on any atom is 0.341 e. The molecule has 1 saturated carbocycles. The summed E-state index contributed by atoms with van der Waals surface area (Å²) in [6.45, 7) is 1.60. The molecule has 2 aliphatic rings. The zero-order valence-corrected chi connectivity index (χ0v) is 7.70. The van der Waals surface area contributed by atoms with Gasteiger partial charge in [0.25, 0.3) is 0 Å². The Morgan fingerprint density at radius 2 is 2.08 bits per heavy atom. The molecule has 2 rings (SSSR count). The summed E-state index contributed by atoms with van der Waals surface area (Å²) < 4.78 is 9.64. The van der Waals surface area contributed by atoms with E-state index < -0.39 is 17.7 Å². The molecule has 2 fully saturated rings. The van der Waals surface area contributed by atoms with Crippen LogP contribution in [0.2, 0.25) is 0 Å². The van der Waals surface area contributed by atoms with Crippen LogP contribution in [0.25, 0.3) is 0 Å². The van der Waals surface area contributed by atoms with Crippen molar-refractivity contribution >= 4 is 11.8 Å². The van der Waals surface area contributed by atoms with Crippen molar-refractivity contribution in [2.75, 3.05) is 7.11 Å². The lowest BCUT2D eigenvalue weighted by molar-refractivity contribution is -0.146.